The molecule has 1 aliphatic rings. The Bertz CT molecular complexity index is 758. The second-order valence-corrected chi connectivity index (χ2v) is 8.58. The Labute approximate surface area is 179 Å². The van der Waals surface area contributed by atoms with Crippen LogP contribution in [-0.2, 0) is 16.7 Å². The molecule has 1 fully saturated rings. The van der Waals surface area contributed by atoms with E-state index in [1.807, 2.05) is 30.5 Å². The summed E-state index contributed by atoms with van der Waals surface area (Å²) in [5.74, 6) is 1.29. The van der Waals surface area contributed by atoms with Gasteiger partial charge in [-0.3, -0.25) is 0 Å². The van der Waals surface area contributed by atoms with E-state index in [0.717, 1.165) is 56.1 Å². The Hall–Kier alpha value is -1.40. The number of halogens is 2. The fourth-order valence-electron chi connectivity index (χ4n) is 3.30. The molecule has 7 heteroatoms. The van der Waals surface area contributed by atoms with Crippen molar-refractivity contribution < 1.29 is 4.74 Å². The molecule has 1 aromatic carbocycles. The molecule has 154 valence electrons. The van der Waals surface area contributed by atoms with Gasteiger partial charge in [0, 0.05) is 47.6 Å². The third kappa shape index (κ3) is 6.59. The summed E-state index contributed by atoms with van der Waals surface area (Å²) >= 11 is 6.06. The Morgan fingerprint density at radius 1 is 1.21 bits per heavy atom. The summed E-state index contributed by atoms with van der Waals surface area (Å²) in [6.07, 6.45) is 4.20. The highest BCUT2D eigenvalue weighted by molar-refractivity contribution is 6.30. The average molecular weight is 425 g/mol. The molecule has 28 heavy (non-hydrogen) atoms. The molecule has 2 aromatic rings. The molecule has 3 rings (SSSR count). The van der Waals surface area contributed by atoms with Crippen molar-refractivity contribution in [1.82, 2.24) is 15.3 Å². The van der Waals surface area contributed by atoms with Crippen molar-refractivity contribution in [1.29, 1.82) is 0 Å². The highest BCUT2D eigenvalue weighted by Crippen LogP contribution is 2.26. The monoisotopic (exact) mass is 424 g/mol. The van der Waals surface area contributed by atoms with E-state index >= 15 is 0 Å². The molecule has 1 aliphatic heterocycles. The number of aromatic nitrogens is 2. The molecule has 0 aliphatic carbocycles. The van der Waals surface area contributed by atoms with Crippen molar-refractivity contribution in [3.8, 4) is 0 Å². The lowest BCUT2D eigenvalue weighted by atomic mass is 9.89. The molecule has 0 saturated carbocycles. The van der Waals surface area contributed by atoms with E-state index in [1.54, 1.807) is 0 Å². The van der Waals surface area contributed by atoms with E-state index in [0.29, 0.717) is 16.9 Å². The Morgan fingerprint density at radius 3 is 2.64 bits per heavy atom. The molecule has 0 spiro atoms. The van der Waals surface area contributed by atoms with Gasteiger partial charge in [0.15, 0.2) is 0 Å². The van der Waals surface area contributed by atoms with Crippen molar-refractivity contribution in [3.05, 3.63) is 46.7 Å². The summed E-state index contributed by atoms with van der Waals surface area (Å²) in [5, 5.41) is 7.52. The molecule has 0 atom stereocenters. The van der Waals surface area contributed by atoms with Gasteiger partial charge in [-0.15, -0.1) is 12.4 Å². The molecule has 0 unspecified atom stereocenters. The lowest BCUT2D eigenvalue weighted by molar-refractivity contribution is 0.0662. The zero-order valence-electron chi connectivity index (χ0n) is 16.8. The molecule has 2 N–H and O–H groups in total. The lowest BCUT2D eigenvalue weighted by Gasteiger charge is -2.24. The van der Waals surface area contributed by atoms with Crippen LogP contribution in [0.2, 0.25) is 5.02 Å². The van der Waals surface area contributed by atoms with Crippen molar-refractivity contribution >= 4 is 35.6 Å². The fourth-order valence-corrected chi connectivity index (χ4v) is 3.49. The van der Waals surface area contributed by atoms with Crippen molar-refractivity contribution in [3.63, 3.8) is 0 Å². The number of nitrogens with one attached hydrogen (secondary N) is 2. The maximum atomic E-state index is 6.06. The Morgan fingerprint density at radius 2 is 1.96 bits per heavy atom. The van der Waals surface area contributed by atoms with E-state index in [1.165, 1.54) is 0 Å². The van der Waals surface area contributed by atoms with Crippen LogP contribution in [0.5, 0.6) is 0 Å². The van der Waals surface area contributed by atoms with Gasteiger partial charge in [-0.05, 0) is 43.5 Å². The molecule has 0 radical (unpaired) electrons. The van der Waals surface area contributed by atoms with Crippen molar-refractivity contribution in [2.45, 2.75) is 45.6 Å². The third-order valence-electron chi connectivity index (χ3n) is 4.75. The zero-order valence-corrected chi connectivity index (χ0v) is 18.4. The van der Waals surface area contributed by atoms with Gasteiger partial charge in [0.05, 0.1) is 5.69 Å². The lowest BCUT2D eigenvalue weighted by Crippen LogP contribution is -2.29. The van der Waals surface area contributed by atoms with Gasteiger partial charge in [0.25, 0.3) is 0 Å². The van der Waals surface area contributed by atoms with Crippen LogP contribution in [-0.4, -0.2) is 29.7 Å². The summed E-state index contributed by atoms with van der Waals surface area (Å²) in [4.78, 5) is 9.33. The number of hydrogen-bond donors (Lipinski definition) is 2. The summed E-state index contributed by atoms with van der Waals surface area (Å²) in [6, 6.07) is 7.58. The number of benzene rings is 1. The summed E-state index contributed by atoms with van der Waals surface area (Å²) in [7, 11) is 0. The van der Waals surface area contributed by atoms with Gasteiger partial charge in [-0.2, -0.15) is 0 Å². The van der Waals surface area contributed by atoms with Gasteiger partial charge in [0.2, 0.25) is 5.95 Å². The van der Waals surface area contributed by atoms with E-state index in [4.69, 9.17) is 21.3 Å². The first-order chi connectivity index (χ1) is 12.9. The molecular weight excluding hydrogens is 395 g/mol. The number of hydrogen-bond acceptors (Lipinski definition) is 5. The first-order valence-corrected chi connectivity index (χ1v) is 9.97. The van der Waals surface area contributed by atoms with Gasteiger partial charge >= 0.3 is 0 Å². The number of anilines is 2. The third-order valence-corrected chi connectivity index (χ3v) is 4.98. The molecule has 1 aromatic heterocycles. The van der Waals surface area contributed by atoms with Crippen LogP contribution < -0.4 is 10.6 Å². The molecule has 2 heterocycles. The Balaban J connectivity index is 0.00000280. The number of nitrogens with zero attached hydrogens (tertiary/aromatic N) is 2. The van der Waals surface area contributed by atoms with Crippen molar-refractivity contribution in [2.75, 3.05) is 25.1 Å². The largest absolute Gasteiger partial charge is 0.381 e. The van der Waals surface area contributed by atoms with E-state index < -0.39 is 0 Å². The van der Waals surface area contributed by atoms with E-state index in [9.17, 15) is 0 Å². The second-order valence-electron chi connectivity index (χ2n) is 8.14. The van der Waals surface area contributed by atoms with Crippen LogP contribution in [0.4, 0.5) is 11.6 Å². The summed E-state index contributed by atoms with van der Waals surface area (Å²) in [6.45, 7) is 10.1. The predicted molar refractivity (Wildman–Crippen MR) is 118 cm³/mol. The summed E-state index contributed by atoms with van der Waals surface area (Å²) < 4.78 is 5.43. The van der Waals surface area contributed by atoms with E-state index in [-0.39, 0.29) is 17.8 Å². The van der Waals surface area contributed by atoms with E-state index in [2.05, 4.69) is 36.4 Å². The zero-order chi connectivity index (χ0) is 19.3. The van der Waals surface area contributed by atoms with Crippen LogP contribution >= 0.6 is 24.0 Å². The van der Waals surface area contributed by atoms with Crippen LogP contribution in [0.15, 0.2) is 30.5 Å². The van der Waals surface area contributed by atoms with Gasteiger partial charge in [-0.25, -0.2) is 9.97 Å². The van der Waals surface area contributed by atoms with Gasteiger partial charge in [-0.1, -0.05) is 38.4 Å². The maximum Gasteiger partial charge on any atom is 0.227 e. The summed E-state index contributed by atoms with van der Waals surface area (Å²) in [5.41, 5.74) is 3.02. The number of rotatable bonds is 6. The highest BCUT2D eigenvalue weighted by Gasteiger charge is 2.21. The molecule has 1 saturated heterocycles. The predicted octanol–water partition coefficient (Wildman–Crippen LogP) is 5.11. The van der Waals surface area contributed by atoms with Crippen LogP contribution in [0.25, 0.3) is 0 Å². The SMILES string of the molecule is CC(C)(C)c1nc(Nc2cccc(Cl)c2)ncc1CNCC1CCOCC1.Cl. The molecule has 0 amide bonds. The minimum atomic E-state index is -0.0661. The average Bonchev–Trinajstić information content (AvgIpc) is 2.63. The minimum Gasteiger partial charge on any atom is -0.381 e. The highest BCUT2D eigenvalue weighted by atomic mass is 35.5. The van der Waals surface area contributed by atoms with Crippen LogP contribution in [0.3, 0.4) is 0 Å². The standard InChI is InChI=1S/C21H29ClN4O.ClH/c1-21(2,3)19-16(13-23-12-15-7-9-27-10-8-15)14-24-20(26-19)25-18-6-4-5-17(22)11-18;/h4-6,11,14-15,23H,7-10,12-13H2,1-3H3,(H,24,25,26);1H. The van der Waals surface area contributed by atoms with Crippen LogP contribution in [0.1, 0.15) is 44.9 Å². The minimum absolute atomic E-state index is 0. The number of ether oxygens (including phenoxy) is 1. The smallest absolute Gasteiger partial charge is 0.227 e. The first-order valence-electron chi connectivity index (χ1n) is 9.59. The quantitative estimate of drug-likeness (QED) is 0.674. The maximum absolute atomic E-state index is 6.06. The molecular formula is C21H30Cl2N4O. The molecule has 5 nitrogen and oxygen atoms in total. The topological polar surface area (TPSA) is 59.1 Å². The van der Waals surface area contributed by atoms with Crippen molar-refractivity contribution in [2.24, 2.45) is 5.92 Å². The normalized spacial score (nSPS) is 15.1. The Kier molecular flexibility index (Phi) is 8.50. The van der Waals surface area contributed by atoms with Crippen LogP contribution in [0, 0.1) is 5.92 Å². The first kappa shape index (κ1) is 22.9. The molecule has 0 bridgehead atoms. The van der Waals surface area contributed by atoms with Gasteiger partial charge < -0.3 is 15.4 Å². The van der Waals surface area contributed by atoms with Gasteiger partial charge in [0.1, 0.15) is 0 Å². The fraction of sp³-hybridized carbons (Fsp3) is 0.524. The second kappa shape index (κ2) is 10.4.